The Hall–Kier alpha value is -2.90. The van der Waals surface area contributed by atoms with Crippen LogP contribution in [0.2, 0.25) is 5.02 Å². The van der Waals surface area contributed by atoms with Gasteiger partial charge in [-0.3, -0.25) is 19.8 Å². The molecular weight excluding hydrogens is 436 g/mol. The van der Waals surface area contributed by atoms with Crippen LogP contribution in [0.4, 0.5) is 5.69 Å². The lowest BCUT2D eigenvalue weighted by Crippen LogP contribution is -2.54. The molecule has 1 fully saturated rings. The minimum absolute atomic E-state index is 0.0356. The van der Waals surface area contributed by atoms with Crippen molar-refractivity contribution in [1.82, 2.24) is 5.32 Å². The van der Waals surface area contributed by atoms with Crippen LogP contribution in [0, 0.1) is 13.8 Å². The lowest BCUT2D eigenvalue weighted by molar-refractivity contribution is -0.122. The molecule has 1 N–H and O–H groups in total. The van der Waals surface area contributed by atoms with E-state index in [9.17, 15) is 9.59 Å². The first kappa shape index (κ1) is 22.8. The highest BCUT2D eigenvalue weighted by Crippen LogP contribution is 2.38. The molecule has 0 radical (unpaired) electrons. The fourth-order valence-electron chi connectivity index (χ4n) is 3.31. The van der Waals surface area contributed by atoms with Gasteiger partial charge in [0.15, 0.2) is 16.6 Å². The number of carbonyl (C=O) groups is 2. The van der Waals surface area contributed by atoms with Crippen LogP contribution >= 0.6 is 23.8 Å². The Morgan fingerprint density at radius 3 is 2.32 bits per heavy atom. The lowest BCUT2D eigenvalue weighted by Gasteiger charge is -2.29. The highest BCUT2D eigenvalue weighted by Gasteiger charge is 2.34. The Morgan fingerprint density at radius 2 is 1.74 bits per heavy atom. The third-order valence-corrected chi connectivity index (χ3v) is 5.05. The van der Waals surface area contributed by atoms with Crippen molar-refractivity contribution in [2.75, 3.05) is 12.0 Å². The van der Waals surface area contributed by atoms with E-state index in [2.05, 4.69) is 5.32 Å². The zero-order valence-electron chi connectivity index (χ0n) is 17.9. The Morgan fingerprint density at radius 1 is 1.10 bits per heavy atom. The van der Waals surface area contributed by atoms with Gasteiger partial charge in [-0.1, -0.05) is 17.7 Å². The molecule has 0 atom stereocenters. The molecule has 0 saturated carbocycles. The summed E-state index contributed by atoms with van der Waals surface area (Å²) in [5.41, 5.74) is 3.00. The van der Waals surface area contributed by atoms with E-state index >= 15 is 0 Å². The van der Waals surface area contributed by atoms with Crippen molar-refractivity contribution < 1.29 is 19.1 Å². The number of hydrogen-bond acceptors (Lipinski definition) is 5. The topological polar surface area (TPSA) is 67.9 Å². The normalized spacial score (nSPS) is 15.5. The van der Waals surface area contributed by atoms with Crippen LogP contribution in [0.1, 0.15) is 30.5 Å². The molecule has 31 heavy (non-hydrogen) atoms. The molecular formula is C23H23ClN2O4S. The molecule has 2 aromatic carbocycles. The van der Waals surface area contributed by atoms with Crippen molar-refractivity contribution in [1.29, 1.82) is 0 Å². The molecule has 1 aliphatic rings. The van der Waals surface area contributed by atoms with Gasteiger partial charge in [0.1, 0.15) is 5.57 Å². The van der Waals surface area contributed by atoms with E-state index in [-0.39, 0.29) is 16.8 Å². The number of hydrogen-bond donors (Lipinski definition) is 1. The minimum atomic E-state index is -0.576. The SMILES string of the molecule is COc1cc(/C=C2\C(=O)NC(=S)N(c3cc(C)cc(C)c3)C2=O)cc(Cl)c1OC(C)C. The summed E-state index contributed by atoms with van der Waals surface area (Å²) in [5, 5.41) is 2.93. The molecule has 0 aromatic heterocycles. The van der Waals surface area contributed by atoms with Gasteiger partial charge in [-0.2, -0.15) is 0 Å². The molecule has 8 heteroatoms. The lowest BCUT2D eigenvalue weighted by atomic mass is 10.1. The van der Waals surface area contributed by atoms with Crippen molar-refractivity contribution in [3.8, 4) is 11.5 Å². The number of nitrogens with one attached hydrogen (secondary N) is 1. The van der Waals surface area contributed by atoms with Crippen molar-refractivity contribution in [2.24, 2.45) is 0 Å². The van der Waals surface area contributed by atoms with E-state index < -0.39 is 11.8 Å². The third kappa shape index (κ3) is 4.89. The predicted octanol–water partition coefficient (Wildman–Crippen LogP) is 4.58. The van der Waals surface area contributed by atoms with Gasteiger partial charge in [-0.05, 0) is 86.9 Å². The summed E-state index contributed by atoms with van der Waals surface area (Å²) in [7, 11) is 1.49. The third-order valence-electron chi connectivity index (χ3n) is 4.48. The first-order valence-corrected chi connectivity index (χ1v) is 10.4. The molecule has 2 amide bonds. The summed E-state index contributed by atoms with van der Waals surface area (Å²) < 4.78 is 11.1. The molecule has 1 heterocycles. The van der Waals surface area contributed by atoms with Gasteiger partial charge < -0.3 is 9.47 Å². The average molecular weight is 459 g/mol. The Bertz CT molecular complexity index is 1090. The fraction of sp³-hybridized carbons (Fsp3) is 0.261. The van der Waals surface area contributed by atoms with Gasteiger partial charge >= 0.3 is 0 Å². The van der Waals surface area contributed by atoms with Crippen molar-refractivity contribution in [3.05, 3.63) is 57.6 Å². The van der Waals surface area contributed by atoms with Crippen molar-refractivity contribution in [3.63, 3.8) is 0 Å². The average Bonchev–Trinajstić information content (AvgIpc) is 2.65. The number of halogens is 1. The van der Waals surface area contributed by atoms with Gasteiger partial charge in [0, 0.05) is 0 Å². The highest BCUT2D eigenvalue weighted by atomic mass is 35.5. The van der Waals surface area contributed by atoms with Crippen molar-refractivity contribution >= 4 is 52.5 Å². The van der Waals surface area contributed by atoms with Crippen LogP contribution in [0.25, 0.3) is 6.08 Å². The number of ether oxygens (including phenoxy) is 2. The van der Waals surface area contributed by atoms with Gasteiger partial charge in [-0.15, -0.1) is 0 Å². The Kier molecular flexibility index (Phi) is 6.67. The second-order valence-corrected chi connectivity index (χ2v) is 8.30. The first-order chi connectivity index (χ1) is 14.6. The van der Waals surface area contributed by atoms with E-state index in [0.29, 0.717) is 27.8 Å². The van der Waals surface area contributed by atoms with Gasteiger partial charge in [0.2, 0.25) is 0 Å². The number of rotatable bonds is 5. The number of carbonyl (C=O) groups excluding carboxylic acids is 2. The highest BCUT2D eigenvalue weighted by molar-refractivity contribution is 7.80. The maximum absolute atomic E-state index is 13.2. The summed E-state index contributed by atoms with van der Waals surface area (Å²) >= 11 is 11.7. The van der Waals surface area contributed by atoms with Crippen molar-refractivity contribution in [2.45, 2.75) is 33.8 Å². The van der Waals surface area contributed by atoms with E-state index in [4.69, 9.17) is 33.3 Å². The summed E-state index contributed by atoms with van der Waals surface area (Å²) in [4.78, 5) is 27.1. The molecule has 162 valence electrons. The van der Waals surface area contributed by atoms with Gasteiger partial charge in [0.25, 0.3) is 11.8 Å². The maximum Gasteiger partial charge on any atom is 0.270 e. The van der Waals surface area contributed by atoms with Crippen LogP contribution in [-0.2, 0) is 9.59 Å². The summed E-state index contributed by atoms with van der Waals surface area (Å²) in [5.74, 6) is -0.290. The Balaban J connectivity index is 2.05. The number of aryl methyl sites for hydroxylation is 2. The molecule has 1 saturated heterocycles. The molecule has 2 aromatic rings. The molecule has 0 unspecified atom stereocenters. The molecule has 0 spiro atoms. The Labute approximate surface area is 191 Å². The first-order valence-electron chi connectivity index (χ1n) is 9.64. The van der Waals surface area contributed by atoms with E-state index in [1.165, 1.54) is 18.1 Å². The van der Waals surface area contributed by atoms with E-state index in [0.717, 1.165) is 11.1 Å². The van der Waals surface area contributed by atoms with Crippen LogP contribution < -0.4 is 19.7 Å². The van der Waals surface area contributed by atoms with E-state index in [1.807, 2.05) is 45.9 Å². The van der Waals surface area contributed by atoms with Crippen LogP contribution in [0.3, 0.4) is 0 Å². The van der Waals surface area contributed by atoms with E-state index in [1.54, 1.807) is 12.1 Å². The monoisotopic (exact) mass is 458 g/mol. The zero-order valence-corrected chi connectivity index (χ0v) is 19.5. The molecule has 0 bridgehead atoms. The summed E-state index contributed by atoms with van der Waals surface area (Å²) in [6.07, 6.45) is 1.36. The van der Waals surface area contributed by atoms with Gasteiger partial charge in [-0.25, -0.2) is 0 Å². The quantitative estimate of drug-likeness (QED) is 0.403. The van der Waals surface area contributed by atoms with Crippen LogP contribution in [-0.4, -0.2) is 30.1 Å². The number of methoxy groups -OCH3 is 1. The predicted molar refractivity (Wildman–Crippen MR) is 126 cm³/mol. The number of thiocarbonyl (C=S) groups is 1. The standard InChI is InChI=1S/C23H23ClN2O4S/c1-12(2)30-20-18(24)10-15(11-19(20)29-5)9-17-21(27)25-23(31)26(22(17)28)16-7-13(3)6-14(4)8-16/h6-12H,1-5H3,(H,25,27,31)/b17-9+. The number of benzene rings is 2. The molecule has 3 rings (SSSR count). The fourth-order valence-corrected chi connectivity index (χ4v) is 3.86. The molecule has 0 aliphatic carbocycles. The number of nitrogens with zero attached hydrogens (tertiary/aromatic N) is 1. The number of amides is 2. The van der Waals surface area contributed by atoms with Gasteiger partial charge in [0.05, 0.1) is 23.9 Å². The van der Waals surface area contributed by atoms with Crippen LogP contribution in [0.5, 0.6) is 11.5 Å². The summed E-state index contributed by atoms with van der Waals surface area (Å²) in [6, 6.07) is 8.94. The summed E-state index contributed by atoms with van der Waals surface area (Å²) in [6.45, 7) is 7.61. The minimum Gasteiger partial charge on any atom is -0.493 e. The number of anilines is 1. The van der Waals surface area contributed by atoms with Crippen LogP contribution in [0.15, 0.2) is 35.9 Å². The molecule has 6 nitrogen and oxygen atoms in total. The molecule has 1 aliphatic heterocycles. The zero-order chi connectivity index (χ0) is 22.9. The second-order valence-electron chi connectivity index (χ2n) is 7.50. The maximum atomic E-state index is 13.2. The second kappa shape index (κ2) is 9.08. The smallest absolute Gasteiger partial charge is 0.270 e. The largest absolute Gasteiger partial charge is 0.493 e.